The number of aromatic nitrogens is 3. The van der Waals surface area contributed by atoms with E-state index in [2.05, 4.69) is 54.4 Å². The van der Waals surface area contributed by atoms with Crippen molar-refractivity contribution in [2.24, 2.45) is 13.0 Å². The zero-order valence-corrected chi connectivity index (χ0v) is 13.4. The predicted molar refractivity (Wildman–Crippen MR) is 82.8 cm³/mol. The lowest BCUT2D eigenvalue weighted by Crippen LogP contribution is -2.18. The highest BCUT2D eigenvalue weighted by Crippen LogP contribution is 2.28. The molecule has 2 rings (SSSR count). The van der Waals surface area contributed by atoms with Gasteiger partial charge in [-0.1, -0.05) is 26.0 Å². The summed E-state index contributed by atoms with van der Waals surface area (Å²) in [5, 5.41) is 8.48. The first kappa shape index (κ1) is 15.1. The van der Waals surface area contributed by atoms with Gasteiger partial charge in [-0.05, 0) is 48.3 Å². The van der Waals surface area contributed by atoms with E-state index in [1.165, 1.54) is 16.0 Å². The first-order chi connectivity index (χ1) is 9.56. The van der Waals surface area contributed by atoms with E-state index < -0.39 is 0 Å². The first-order valence-electron chi connectivity index (χ1n) is 6.88. The summed E-state index contributed by atoms with van der Waals surface area (Å²) in [7, 11) is 1.91. The fourth-order valence-corrected chi connectivity index (χ4v) is 2.75. The molecule has 0 amide bonds. The smallest absolute Gasteiger partial charge is 0.190 e. The molecule has 0 saturated carbocycles. The molecule has 4 nitrogen and oxygen atoms in total. The van der Waals surface area contributed by atoms with Gasteiger partial charge in [0.2, 0.25) is 0 Å². The normalized spacial score (nSPS) is 11.2. The molecular weight excluding hydrogens is 268 g/mol. The van der Waals surface area contributed by atoms with Crippen LogP contribution in [-0.4, -0.2) is 21.3 Å². The van der Waals surface area contributed by atoms with Gasteiger partial charge in [-0.2, -0.15) is 5.10 Å². The van der Waals surface area contributed by atoms with Crippen LogP contribution in [0.25, 0.3) is 0 Å². The van der Waals surface area contributed by atoms with Crippen molar-refractivity contribution in [1.29, 1.82) is 0 Å². The summed E-state index contributed by atoms with van der Waals surface area (Å²) in [4.78, 5) is 5.48. The lowest BCUT2D eigenvalue weighted by atomic mass is 10.1. The monoisotopic (exact) mass is 290 g/mol. The van der Waals surface area contributed by atoms with E-state index in [4.69, 9.17) is 0 Å². The van der Waals surface area contributed by atoms with Gasteiger partial charge in [0.1, 0.15) is 6.33 Å². The Labute approximate surface area is 125 Å². The summed E-state index contributed by atoms with van der Waals surface area (Å²) < 4.78 is 1.79. The standard InChI is InChI=1S/C15H22N4S/c1-11(2)8-16-9-13-5-6-14(12(3)7-13)20-15-17-10-18-19(15)4/h5-7,10-11,16H,8-9H2,1-4H3. The van der Waals surface area contributed by atoms with Crippen LogP contribution < -0.4 is 5.32 Å². The molecule has 0 atom stereocenters. The van der Waals surface area contributed by atoms with Crippen molar-refractivity contribution in [3.8, 4) is 0 Å². The molecule has 5 heteroatoms. The van der Waals surface area contributed by atoms with Crippen LogP contribution in [0.15, 0.2) is 34.6 Å². The molecule has 0 bridgehead atoms. The largest absolute Gasteiger partial charge is 0.312 e. The van der Waals surface area contributed by atoms with Gasteiger partial charge in [-0.25, -0.2) is 9.67 Å². The Bertz CT molecular complexity index is 563. The fraction of sp³-hybridized carbons (Fsp3) is 0.467. The second-order valence-electron chi connectivity index (χ2n) is 5.39. The van der Waals surface area contributed by atoms with E-state index in [1.54, 1.807) is 22.8 Å². The summed E-state index contributed by atoms with van der Waals surface area (Å²) in [6, 6.07) is 6.59. The number of hydrogen-bond acceptors (Lipinski definition) is 4. The number of aryl methyl sites for hydroxylation is 2. The number of nitrogens with one attached hydrogen (secondary N) is 1. The molecule has 1 N–H and O–H groups in total. The minimum Gasteiger partial charge on any atom is -0.312 e. The van der Waals surface area contributed by atoms with Crippen molar-refractivity contribution < 1.29 is 0 Å². The Kier molecular flexibility index (Phi) is 5.20. The Hall–Kier alpha value is -1.33. The van der Waals surface area contributed by atoms with Gasteiger partial charge in [-0.15, -0.1) is 0 Å². The Morgan fingerprint density at radius 1 is 1.35 bits per heavy atom. The minimum atomic E-state index is 0.682. The molecule has 1 aromatic carbocycles. The Balaban J connectivity index is 2.01. The molecule has 0 aliphatic heterocycles. The van der Waals surface area contributed by atoms with Crippen LogP contribution in [0.2, 0.25) is 0 Å². The summed E-state index contributed by atoms with van der Waals surface area (Å²) in [5.74, 6) is 0.682. The van der Waals surface area contributed by atoms with Gasteiger partial charge in [-0.3, -0.25) is 0 Å². The van der Waals surface area contributed by atoms with Crippen LogP contribution in [0, 0.1) is 12.8 Å². The van der Waals surface area contributed by atoms with Crippen LogP contribution in [0.5, 0.6) is 0 Å². The fourth-order valence-electron chi connectivity index (χ4n) is 1.92. The van der Waals surface area contributed by atoms with Crippen molar-refractivity contribution in [2.75, 3.05) is 6.54 Å². The topological polar surface area (TPSA) is 42.7 Å². The number of benzene rings is 1. The van der Waals surface area contributed by atoms with E-state index in [1.807, 2.05) is 7.05 Å². The van der Waals surface area contributed by atoms with Crippen molar-refractivity contribution in [1.82, 2.24) is 20.1 Å². The van der Waals surface area contributed by atoms with Crippen molar-refractivity contribution >= 4 is 11.8 Å². The molecule has 2 aromatic rings. The summed E-state index contributed by atoms with van der Waals surface area (Å²) in [6.07, 6.45) is 1.59. The number of rotatable bonds is 6. The number of nitrogens with zero attached hydrogens (tertiary/aromatic N) is 3. The molecule has 20 heavy (non-hydrogen) atoms. The molecular formula is C15H22N4S. The quantitative estimate of drug-likeness (QED) is 0.888. The van der Waals surface area contributed by atoms with Gasteiger partial charge in [0, 0.05) is 18.5 Å². The molecule has 0 fully saturated rings. The molecule has 0 unspecified atom stereocenters. The zero-order valence-electron chi connectivity index (χ0n) is 12.6. The van der Waals surface area contributed by atoms with E-state index in [-0.39, 0.29) is 0 Å². The summed E-state index contributed by atoms with van der Waals surface area (Å²) >= 11 is 1.65. The second-order valence-corrected chi connectivity index (χ2v) is 6.40. The van der Waals surface area contributed by atoms with E-state index in [0.717, 1.165) is 18.2 Å². The van der Waals surface area contributed by atoms with Crippen molar-refractivity contribution in [3.05, 3.63) is 35.7 Å². The van der Waals surface area contributed by atoms with Gasteiger partial charge in [0.05, 0.1) is 0 Å². The van der Waals surface area contributed by atoms with Gasteiger partial charge >= 0.3 is 0 Å². The molecule has 108 valence electrons. The third-order valence-corrected chi connectivity index (χ3v) is 4.22. The van der Waals surface area contributed by atoms with Gasteiger partial charge < -0.3 is 5.32 Å². The maximum absolute atomic E-state index is 4.25. The second kappa shape index (κ2) is 6.90. The predicted octanol–water partition coefficient (Wildman–Crippen LogP) is 3.02. The minimum absolute atomic E-state index is 0.682. The third kappa shape index (κ3) is 4.08. The Morgan fingerprint density at radius 3 is 2.75 bits per heavy atom. The highest BCUT2D eigenvalue weighted by molar-refractivity contribution is 7.99. The maximum Gasteiger partial charge on any atom is 0.190 e. The number of hydrogen-bond donors (Lipinski definition) is 1. The van der Waals surface area contributed by atoms with Crippen molar-refractivity contribution in [3.63, 3.8) is 0 Å². The van der Waals surface area contributed by atoms with Gasteiger partial charge in [0.15, 0.2) is 5.16 Å². The van der Waals surface area contributed by atoms with Crippen LogP contribution in [0.4, 0.5) is 0 Å². The molecule has 0 aliphatic carbocycles. The highest BCUT2D eigenvalue weighted by atomic mass is 32.2. The third-order valence-electron chi connectivity index (χ3n) is 2.99. The summed E-state index contributed by atoms with van der Waals surface area (Å²) in [5.41, 5.74) is 2.60. The highest BCUT2D eigenvalue weighted by Gasteiger charge is 2.07. The molecule has 0 saturated heterocycles. The zero-order chi connectivity index (χ0) is 14.5. The molecule has 0 spiro atoms. The van der Waals surface area contributed by atoms with Crippen LogP contribution >= 0.6 is 11.8 Å². The van der Waals surface area contributed by atoms with Crippen molar-refractivity contribution in [2.45, 2.75) is 37.4 Å². The van der Waals surface area contributed by atoms with Gasteiger partial charge in [0.25, 0.3) is 0 Å². The van der Waals surface area contributed by atoms with E-state index >= 15 is 0 Å². The average Bonchev–Trinajstić information content (AvgIpc) is 2.78. The molecule has 0 radical (unpaired) electrons. The molecule has 0 aliphatic rings. The molecule has 1 heterocycles. The first-order valence-corrected chi connectivity index (χ1v) is 7.70. The van der Waals surface area contributed by atoms with E-state index in [9.17, 15) is 0 Å². The lowest BCUT2D eigenvalue weighted by Gasteiger charge is -2.10. The Morgan fingerprint density at radius 2 is 2.15 bits per heavy atom. The van der Waals surface area contributed by atoms with E-state index in [0.29, 0.717) is 5.92 Å². The SMILES string of the molecule is Cc1cc(CNCC(C)C)ccc1Sc1ncnn1C. The van der Waals surface area contributed by atoms with Crippen LogP contribution in [0.3, 0.4) is 0 Å². The maximum atomic E-state index is 4.25. The average molecular weight is 290 g/mol. The van der Waals surface area contributed by atoms with Crippen LogP contribution in [-0.2, 0) is 13.6 Å². The lowest BCUT2D eigenvalue weighted by molar-refractivity contribution is 0.552. The summed E-state index contributed by atoms with van der Waals surface area (Å²) in [6.45, 7) is 8.56. The van der Waals surface area contributed by atoms with Crippen LogP contribution in [0.1, 0.15) is 25.0 Å². The molecule has 1 aromatic heterocycles.